The highest BCUT2D eigenvalue weighted by atomic mass is 35.5. The van der Waals surface area contributed by atoms with Crippen LogP contribution in [0.3, 0.4) is 0 Å². The van der Waals surface area contributed by atoms with Gasteiger partial charge in [0.2, 0.25) is 0 Å². The van der Waals surface area contributed by atoms with Crippen LogP contribution in [0.2, 0.25) is 0 Å². The molecule has 0 saturated carbocycles. The molecule has 1 aliphatic rings. The first-order valence-electron chi connectivity index (χ1n) is 4.17. The fourth-order valence-corrected chi connectivity index (χ4v) is 1.54. The monoisotopic (exact) mass is 214 g/mol. The molecule has 12 heavy (non-hydrogen) atoms. The van der Waals surface area contributed by atoms with Crippen molar-refractivity contribution in [2.75, 3.05) is 26.7 Å². The summed E-state index contributed by atoms with van der Waals surface area (Å²) in [4.78, 5) is 2.45. The van der Waals surface area contributed by atoms with Gasteiger partial charge in [-0.25, -0.2) is 0 Å². The van der Waals surface area contributed by atoms with Crippen LogP contribution in [-0.4, -0.2) is 37.1 Å². The molecule has 0 amide bonds. The van der Waals surface area contributed by atoms with Gasteiger partial charge < -0.3 is 5.32 Å². The summed E-state index contributed by atoms with van der Waals surface area (Å²) in [5.74, 6) is 0. The van der Waals surface area contributed by atoms with Crippen LogP contribution in [0.5, 0.6) is 0 Å². The van der Waals surface area contributed by atoms with Gasteiger partial charge in [-0.15, -0.1) is 24.8 Å². The summed E-state index contributed by atoms with van der Waals surface area (Å²) in [5.41, 5.74) is 0.495. The molecule has 76 valence electrons. The number of rotatable bonds is 3. The van der Waals surface area contributed by atoms with E-state index >= 15 is 0 Å². The molecule has 1 fully saturated rings. The highest BCUT2D eigenvalue weighted by Gasteiger charge is 2.37. The molecule has 1 heterocycles. The van der Waals surface area contributed by atoms with Crippen LogP contribution < -0.4 is 5.32 Å². The van der Waals surface area contributed by atoms with E-state index in [0.717, 1.165) is 6.54 Å². The second-order valence-corrected chi connectivity index (χ2v) is 3.20. The van der Waals surface area contributed by atoms with Gasteiger partial charge in [0.15, 0.2) is 0 Å². The molecule has 1 saturated heterocycles. The van der Waals surface area contributed by atoms with Crippen molar-refractivity contribution < 1.29 is 0 Å². The van der Waals surface area contributed by atoms with Crippen molar-refractivity contribution in [3.05, 3.63) is 0 Å². The van der Waals surface area contributed by atoms with Gasteiger partial charge in [-0.05, 0) is 20.0 Å². The smallest absolute Gasteiger partial charge is 0.0452 e. The van der Waals surface area contributed by atoms with E-state index in [1.54, 1.807) is 0 Å². The minimum Gasteiger partial charge on any atom is -0.313 e. The van der Waals surface area contributed by atoms with E-state index in [1.165, 1.54) is 19.5 Å². The van der Waals surface area contributed by atoms with Crippen molar-refractivity contribution >= 4 is 24.8 Å². The Labute approximate surface area is 87.9 Å². The molecule has 0 aromatic heterocycles. The average molecular weight is 215 g/mol. The van der Waals surface area contributed by atoms with E-state index in [4.69, 9.17) is 0 Å². The Morgan fingerprint density at radius 2 is 1.75 bits per heavy atom. The lowest BCUT2D eigenvalue weighted by atomic mass is 9.88. The minimum absolute atomic E-state index is 0. The molecule has 0 aromatic carbocycles. The Bertz CT molecular complexity index is 110. The average Bonchev–Trinajstić information content (AvgIpc) is 1.86. The van der Waals surface area contributed by atoms with Gasteiger partial charge in [-0.3, -0.25) is 4.90 Å². The summed E-state index contributed by atoms with van der Waals surface area (Å²) in [6.07, 6.45) is 1.27. The van der Waals surface area contributed by atoms with Gasteiger partial charge in [0.05, 0.1) is 0 Å². The molecule has 0 aromatic rings. The van der Waals surface area contributed by atoms with Crippen LogP contribution in [0.25, 0.3) is 0 Å². The molecule has 1 N–H and O–H groups in total. The highest BCUT2D eigenvalue weighted by Crippen LogP contribution is 2.21. The van der Waals surface area contributed by atoms with E-state index in [-0.39, 0.29) is 24.8 Å². The lowest BCUT2D eigenvalue weighted by Gasteiger charge is -2.48. The van der Waals surface area contributed by atoms with E-state index in [0.29, 0.717) is 5.54 Å². The predicted octanol–water partition coefficient (Wildman–Crippen LogP) is 1.53. The molecular formula is C8H20Cl2N2. The first-order chi connectivity index (χ1) is 4.75. The zero-order valence-corrected chi connectivity index (χ0v) is 9.73. The Balaban J connectivity index is 0. The number of nitrogens with zero attached hydrogens (tertiary/aromatic N) is 1. The van der Waals surface area contributed by atoms with Crippen molar-refractivity contribution in [1.29, 1.82) is 0 Å². The van der Waals surface area contributed by atoms with Gasteiger partial charge in [-0.1, -0.05) is 13.8 Å². The molecule has 0 aliphatic carbocycles. The number of likely N-dealkylation sites (N-methyl/N-ethyl adjacent to an activating group) is 1. The largest absolute Gasteiger partial charge is 0.313 e. The third kappa shape index (κ3) is 2.49. The van der Waals surface area contributed by atoms with Crippen molar-refractivity contribution in [1.82, 2.24) is 10.2 Å². The molecule has 0 radical (unpaired) electrons. The van der Waals surface area contributed by atoms with Crippen LogP contribution in [0.15, 0.2) is 0 Å². The fraction of sp³-hybridized carbons (Fsp3) is 1.00. The number of halogens is 2. The van der Waals surface area contributed by atoms with Gasteiger partial charge in [0.25, 0.3) is 0 Å². The van der Waals surface area contributed by atoms with Gasteiger partial charge in [0.1, 0.15) is 0 Å². The summed E-state index contributed by atoms with van der Waals surface area (Å²) in [6, 6.07) is 0. The number of hydrogen-bond donors (Lipinski definition) is 1. The van der Waals surface area contributed by atoms with E-state index in [2.05, 4.69) is 31.1 Å². The van der Waals surface area contributed by atoms with Crippen LogP contribution in [-0.2, 0) is 0 Å². The molecule has 0 spiro atoms. The molecule has 1 rings (SSSR count). The Kier molecular flexibility index (Phi) is 7.54. The Morgan fingerprint density at radius 1 is 1.25 bits per heavy atom. The summed E-state index contributed by atoms with van der Waals surface area (Å²) in [5, 5.41) is 3.33. The quantitative estimate of drug-likeness (QED) is 0.768. The summed E-state index contributed by atoms with van der Waals surface area (Å²) in [6.45, 7) is 8.00. The topological polar surface area (TPSA) is 15.3 Å². The summed E-state index contributed by atoms with van der Waals surface area (Å²) < 4.78 is 0. The highest BCUT2D eigenvalue weighted by molar-refractivity contribution is 5.85. The summed E-state index contributed by atoms with van der Waals surface area (Å²) in [7, 11) is 2.21. The maximum absolute atomic E-state index is 3.33. The van der Waals surface area contributed by atoms with Gasteiger partial charge in [-0.2, -0.15) is 0 Å². The Hall–Kier alpha value is 0.500. The normalized spacial score (nSPS) is 19.0. The second-order valence-electron chi connectivity index (χ2n) is 3.20. The molecule has 1 aliphatic heterocycles. The SMILES string of the molecule is CCN(C)C1(CC)CNC1.Cl.Cl. The first-order valence-corrected chi connectivity index (χ1v) is 4.17. The molecule has 0 bridgehead atoms. The standard InChI is InChI=1S/C8H18N2.2ClH/c1-4-8(6-9-7-8)10(3)5-2;;/h9H,4-7H2,1-3H3;2*1H. The van der Waals surface area contributed by atoms with E-state index in [1.807, 2.05) is 0 Å². The van der Waals surface area contributed by atoms with Crippen LogP contribution in [0, 0.1) is 0 Å². The van der Waals surface area contributed by atoms with Crippen molar-refractivity contribution in [3.8, 4) is 0 Å². The number of nitrogens with one attached hydrogen (secondary N) is 1. The van der Waals surface area contributed by atoms with E-state index in [9.17, 15) is 0 Å². The van der Waals surface area contributed by atoms with Gasteiger partial charge >= 0.3 is 0 Å². The lowest BCUT2D eigenvalue weighted by Crippen LogP contribution is -2.67. The van der Waals surface area contributed by atoms with Crippen molar-refractivity contribution in [3.63, 3.8) is 0 Å². The molecule has 2 nitrogen and oxygen atoms in total. The van der Waals surface area contributed by atoms with Crippen LogP contribution in [0.4, 0.5) is 0 Å². The summed E-state index contributed by atoms with van der Waals surface area (Å²) >= 11 is 0. The zero-order valence-electron chi connectivity index (χ0n) is 8.09. The van der Waals surface area contributed by atoms with E-state index < -0.39 is 0 Å². The third-order valence-corrected chi connectivity index (χ3v) is 2.85. The Morgan fingerprint density at radius 3 is 1.83 bits per heavy atom. The molecule has 0 atom stereocenters. The maximum atomic E-state index is 3.33. The lowest BCUT2D eigenvalue weighted by molar-refractivity contribution is 0.0622. The fourth-order valence-electron chi connectivity index (χ4n) is 1.54. The predicted molar refractivity (Wildman–Crippen MR) is 58.7 cm³/mol. The van der Waals surface area contributed by atoms with Crippen LogP contribution >= 0.6 is 24.8 Å². The molecule has 0 unspecified atom stereocenters. The molecular weight excluding hydrogens is 195 g/mol. The molecule has 4 heteroatoms. The third-order valence-electron chi connectivity index (χ3n) is 2.85. The zero-order chi connectivity index (χ0) is 7.61. The minimum atomic E-state index is 0. The van der Waals surface area contributed by atoms with Crippen molar-refractivity contribution in [2.24, 2.45) is 0 Å². The van der Waals surface area contributed by atoms with Crippen LogP contribution in [0.1, 0.15) is 20.3 Å². The maximum Gasteiger partial charge on any atom is 0.0452 e. The van der Waals surface area contributed by atoms with Crippen molar-refractivity contribution in [2.45, 2.75) is 25.8 Å². The second kappa shape index (κ2) is 6.03. The van der Waals surface area contributed by atoms with Gasteiger partial charge in [0, 0.05) is 18.6 Å². The number of hydrogen-bond acceptors (Lipinski definition) is 2. The first kappa shape index (κ1) is 15.0.